The number of rotatable bonds is 4. The van der Waals surface area contributed by atoms with Crippen LogP contribution in [-0.2, 0) is 0 Å². The molecule has 2 heteroatoms. The van der Waals surface area contributed by atoms with Crippen LogP contribution in [-0.4, -0.2) is 9.97 Å². The summed E-state index contributed by atoms with van der Waals surface area (Å²) in [6, 6.07) is 53.8. The Morgan fingerprint density at radius 3 is 1.95 bits per heavy atom. The van der Waals surface area contributed by atoms with Crippen LogP contribution in [0.2, 0.25) is 0 Å². The van der Waals surface area contributed by atoms with Crippen LogP contribution in [0.5, 0.6) is 0 Å². The summed E-state index contributed by atoms with van der Waals surface area (Å²) in [7, 11) is 0. The minimum Gasteiger partial charge on any atom is -0.256 e. The van der Waals surface area contributed by atoms with Crippen molar-refractivity contribution in [3.63, 3.8) is 0 Å². The average molecular weight is 535 g/mol. The molecular formula is C40H26N2. The third-order valence-corrected chi connectivity index (χ3v) is 8.10. The topological polar surface area (TPSA) is 25.8 Å². The number of hydrogen-bond acceptors (Lipinski definition) is 2. The summed E-state index contributed by atoms with van der Waals surface area (Å²) in [6.45, 7) is 0. The molecule has 0 radical (unpaired) electrons. The van der Waals surface area contributed by atoms with E-state index < -0.39 is 0 Å². The van der Waals surface area contributed by atoms with E-state index in [1.165, 1.54) is 21.9 Å². The SMILES string of the molecule is c1ccc(-c2cc(-c3ccc(-c4cccc5cccnc45)cc3)c3ccc(-c4ccc5ccccc5c4)nc3c2)cc1. The normalized spacial score (nSPS) is 11.3. The minimum atomic E-state index is 0.975. The van der Waals surface area contributed by atoms with Gasteiger partial charge in [-0.3, -0.25) is 4.98 Å². The molecule has 0 spiro atoms. The van der Waals surface area contributed by atoms with Crippen LogP contribution < -0.4 is 0 Å². The van der Waals surface area contributed by atoms with Gasteiger partial charge in [0.05, 0.1) is 16.7 Å². The highest BCUT2D eigenvalue weighted by Crippen LogP contribution is 2.36. The van der Waals surface area contributed by atoms with E-state index >= 15 is 0 Å². The number of hydrogen-bond donors (Lipinski definition) is 0. The largest absolute Gasteiger partial charge is 0.256 e. The van der Waals surface area contributed by atoms with E-state index in [0.717, 1.165) is 55.3 Å². The van der Waals surface area contributed by atoms with Gasteiger partial charge in [-0.2, -0.15) is 0 Å². The van der Waals surface area contributed by atoms with Gasteiger partial charge in [-0.05, 0) is 68.9 Å². The molecule has 196 valence electrons. The van der Waals surface area contributed by atoms with Crippen LogP contribution in [0, 0.1) is 0 Å². The van der Waals surface area contributed by atoms with E-state index in [0.29, 0.717) is 0 Å². The van der Waals surface area contributed by atoms with Gasteiger partial charge in [0.25, 0.3) is 0 Å². The van der Waals surface area contributed by atoms with Crippen LogP contribution in [0.15, 0.2) is 158 Å². The summed E-state index contributed by atoms with van der Waals surface area (Å²) in [5.74, 6) is 0. The molecule has 0 amide bonds. The molecule has 0 aliphatic carbocycles. The fourth-order valence-corrected chi connectivity index (χ4v) is 5.95. The molecule has 2 aromatic heterocycles. The number of para-hydroxylation sites is 1. The lowest BCUT2D eigenvalue weighted by atomic mass is 9.93. The third-order valence-electron chi connectivity index (χ3n) is 8.10. The van der Waals surface area contributed by atoms with Crippen LogP contribution in [0.3, 0.4) is 0 Å². The van der Waals surface area contributed by atoms with Gasteiger partial charge >= 0.3 is 0 Å². The second-order valence-electron chi connectivity index (χ2n) is 10.7. The van der Waals surface area contributed by atoms with Crippen molar-refractivity contribution in [3.8, 4) is 44.6 Å². The molecule has 0 fully saturated rings. The smallest absolute Gasteiger partial charge is 0.0780 e. The van der Waals surface area contributed by atoms with Crippen LogP contribution in [0.25, 0.3) is 77.2 Å². The summed E-state index contributed by atoms with van der Waals surface area (Å²) in [4.78, 5) is 9.88. The highest BCUT2D eigenvalue weighted by atomic mass is 14.7. The number of aromatic nitrogens is 2. The van der Waals surface area contributed by atoms with Gasteiger partial charge in [0.15, 0.2) is 0 Å². The van der Waals surface area contributed by atoms with E-state index in [2.05, 4.69) is 151 Å². The lowest BCUT2D eigenvalue weighted by molar-refractivity contribution is 1.40. The van der Waals surface area contributed by atoms with E-state index in [1.807, 2.05) is 12.3 Å². The summed E-state index contributed by atoms with van der Waals surface area (Å²) in [5.41, 5.74) is 11.1. The summed E-state index contributed by atoms with van der Waals surface area (Å²) >= 11 is 0. The quantitative estimate of drug-likeness (QED) is 0.224. The van der Waals surface area contributed by atoms with Gasteiger partial charge in [0.1, 0.15) is 0 Å². The first-order chi connectivity index (χ1) is 20.8. The highest BCUT2D eigenvalue weighted by Gasteiger charge is 2.12. The van der Waals surface area contributed by atoms with Gasteiger partial charge in [-0.15, -0.1) is 0 Å². The van der Waals surface area contributed by atoms with E-state index in [1.54, 1.807) is 0 Å². The number of fused-ring (bicyclic) bond motifs is 3. The van der Waals surface area contributed by atoms with Crippen molar-refractivity contribution in [3.05, 3.63) is 158 Å². The van der Waals surface area contributed by atoms with Gasteiger partial charge in [-0.25, -0.2) is 4.98 Å². The van der Waals surface area contributed by atoms with Crippen molar-refractivity contribution in [2.45, 2.75) is 0 Å². The lowest BCUT2D eigenvalue weighted by Crippen LogP contribution is -1.91. The molecule has 42 heavy (non-hydrogen) atoms. The second-order valence-corrected chi connectivity index (χ2v) is 10.7. The highest BCUT2D eigenvalue weighted by molar-refractivity contribution is 6.00. The first kappa shape index (κ1) is 24.2. The zero-order valence-corrected chi connectivity index (χ0v) is 22.9. The molecule has 2 nitrogen and oxygen atoms in total. The van der Waals surface area contributed by atoms with E-state index in [-0.39, 0.29) is 0 Å². The molecule has 0 saturated heterocycles. The van der Waals surface area contributed by atoms with Crippen molar-refractivity contribution in [1.82, 2.24) is 9.97 Å². The number of pyridine rings is 2. The van der Waals surface area contributed by atoms with Crippen molar-refractivity contribution >= 4 is 32.6 Å². The molecule has 8 rings (SSSR count). The summed E-state index contributed by atoms with van der Waals surface area (Å²) < 4.78 is 0. The third kappa shape index (κ3) is 4.31. The first-order valence-corrected chi connectivity index (χ1v) is 14.2. The molecule has 0 unspecified atom stereocenters. The molecule has 0 atom stereocenters. The Morgan fingerprint density at radius 1 is 0.381 bits per heavy atom. The Bertz CT molecular complexity index is 2230. The van der Waals surface area contributed by atoms with Crippen molar-refractivity contribution in [2.24, 2.45) is 0 Å². The van der Waals surface area contributed by atoms with Gasteiger partial charge in [-0.1, -0.05) is 121 Å². The molecule has 0 aliphatic heterocycles. The van der Waals surface area contributed by atoms with Crippen LogP contribution in [0.1, 0.15) is 0 Å². The van der Waals surface area contributed by atoms with Crippen molar-refractivity contribution in [2.75, 3.05) is 0 Å². The molecule has 0 saturated carbocycles. The Kier molecular flexibility index (Phi) is 5.82. The van der Waals surface area contributed by atoms with Gasteiger partial charge in [0, 0.05) is 28.1 Å². The number of benzene rings is 6. The Morgan fingerprint density at radius 2 is 1.10 bits per heavy atom. The fraction of sp³-hybridized carbons (Fsp3) is 0. The minimum absolute atomic E-state index is 0.975. The first-order valence-electron chi connectivity index (χ1n) is 14.2. The molecule has 2 heterocycles. The van der Waals surface area contributed by atoms with Crippen LogP contribution in [0.4, 0.5) is 0 Å². The molecule has 0 N–H and O–H groups in total. The van der Waals surface area contributed by atoms with E-state index in [4.69, 9.17) is 4.98 Å². The second kappa shape index (κ2) is 10.1. The van der Waals surface area contributed by atoms with Gasteiger partial charge in [0.2, 0.25) is 0 Å². The van der Waals surface area contributed by atoms with Crippen molar-refractivity contribution in [1.29, 1.82) is 0 Å². The summed E-state index contributed by atoms with van der Waals surface area (Å²) in [6.07, 6.45) is 1.86. The molecule has 8 aromatic rings. The maximum atomic E-state index is 5.22. The summed E-state index contributed by atoms with van der Waals surface area (Å²) in [5, 5.41) is 4.74. The fourth-order valence-electron chi connectivity index (χ4n) is 5.95. The predicted octanol–water partition coefficient (Wildman–Crippen LogP) is 10.6. The molecule has 0 bridgehead atoms. The predicted molar refractivity (Wildman–Crippen MR) is 176 cm³/mol. The standard InChI is InChI=1S/C40H26N2/c1-2-8-27(9-3-1)34-25-37(30-18-16-29(17-19-30)35-14-6-12-31-13-7-23-41-40(31)35)36-21-22-38(42-39(36)26-34)33-20-15-28-10-4-5-11-32(28)24-33/h1-26H. The Hall–Kier alpha value is -5.60. The Labute approximate surface area is 244 Å². The maximum absolute atomic E-state index is 5.22. The number of nitrogens with zero attached hydrogens (tertiary/aromatic N) is 2. The van der Waals surface area contributed by atoms with Crippen LogP contribution >= 0.6 is 0 Å². The zero-order chi connectivity index (χ0) is 27.9. The zero-order valence-electron chi connectivity index (χ0n) is 22.9. The Balaban J connectivity index is 1.27. The van der Waals surface area contributed by atoms with Gasteiger partial charge < -0.3 is 0 Å². The molecule has 6 aromatic carbocycles. The molecule has 0 aliphatic rings. The molecular weight excluding hydrogens is 508 g/mol. The van der Waals surface area contributed by atoms with E-state index in [9.17, 15) is 0 Å². The monoisotopic (exact) mass is 534 g/mol. The average Bonchev–Trinajstić information content (AvgIpc) is 3.07. The van der Waals surface area contributed by atoms with Crippen molar-refractivity contribution < 1.29 is 0 Å². The lowest BCUT2D eigenvalue weighted by Gasteiger charge is -2.13. The maximum Gasteiger partial charge on any atom is 0.0780 e.